The first-order valence-electron chi connectivity index (χ1n) is 12.0. The number of amides is 3. The van der Waals surface area contributed by atoms with E-state index in [1.54, 1.807) is 0 Å². The third-order valence-electron chi connectivity index (χ3n) is 5.47. The van der Waals surface area contributed by atoms with Crippen LogP contribution in [0.4, 0.5) is 10.8 Å². The highest BCUT2D eigenvalue weighted by atomic mass is 35.5. The molecule has 0 saturated carbocycles. The number of thiazole rings is 1. The average molecular weight is 625 g/mol. The second-order valence-corrected chi connectivity index (χ2v) is 10.3. The van der Waals surface area contributed by atoms with Gasteiger partial charge in [0.1, 0.15) is 30.8 Å². The number of ether oxygens (including phenoxy) is 2. The number of esters is 2. The molecule has 224 valence electrons. The molecule has 1 fully saturated rings. The first-order valence-corrected chi connectivity index (χ1v) is 13.4. The molecule has 0 spiro atoms. The van der Waals surface area contributed by atoms with Crippen LogP contribution in [0.1, 0.15) is 32.0 Å². The number of nitro benzene ring substituents is 1. The van der Waals surface area contributed by atoms with E-state index in [9.17, 15) is 34.1 Å². The maximum absolute atomic E-state index is 13.2. The zero-order chi connectivity index (χ0) is 31.0. The van der Waals surface area contributed by atoms with Crippen LogP contribution in [0.2, 0.25) is 0 Å². The molecule has 2 atom stereocenters. The number of nitro groups is 1. The monoisotopic (exact) mass is 624 g/mol. The molecule has 3 amide bonds. The van der Waals surface area contributed by atoms with Crippen molar-refractivity contribution in [2.45, 2.75) is 45.1 Å². The van der Waals surface area contributed by atoms with Gasteiger partial charge in [0.15, 0.2) is 10.8 Å². The molecule has 16 nitrogen and oxygen atoms in total. The van der Waals surface area contributed by atoms with Crippen LogP contribution in [-0.4, -0.2) is 75.5 Å². The van der Waals surface area contributed by atoms with Crippen molar-refractivity contribution in [3.63, 3.8) is 0 Å². The van der Waals surface area contributed by atoms with Crippen LogP contribution in [0.5, 0.6) is 0 Å². The highest BCUT2D eigenvalue weighted by Crippen LogP contribution is 2.20. The molecule has 2 heterocycles. The number of hydrogen-bond acceptors (Lipinski definition) is 13. The molecule has 1 aromatic carbocycles. The van der Waals surface area contributed by atoms with Gasteiger partial charge in [-0.25, -0.2) is 9.78 Å². The predicted octanol–water partition coefficient (Wildman–Crippen LogP) is 1.02. The molecule has 1 aromatic heterocycles. The SMILES string of the molecule is CC(=O)OC[C@@H]1NC(=O)[C@@H]1NC(=O)/C(=N\OC(C)(C)C(=O)OCc1ccc([N+](=O)[O-])cc1)c1csc(NC(=O)CCl)n1. The number of halogens is 1. The van der Waals surface area contributed by atoms with Crippen LogP contribution in [0, 0.1) is 10.1 Å². The maximum atomic E-state index is 13.2. The van der Waals surface area contributed by atoms with Crippen molar-refractivity contribution in [3.8, 4) is 0 Å². The first-order chi connectivity index (χ1) is 19.8. The minimum atomic E-state index is -1.73. The zero-order valence-electron chi connectivity index (χ0n) is 22.4. The van der Waals surface area contributed by atoms with Gasteiger partial charge in [-0.1, -0.05) is 5.16 Å². The Bertz CT molecular complexity index is 1410. The summed E-state index contributed by atoms with van der Waals surface area (Å²) in [5.41, 5.74) is -1.89. The number of nitrogens with zero attached hydrogens (tertiary/aromatic N) is 3. The Balaban J connectivity index is 1.76. The third-order valence-corrected chi connectivity index (χ3v) is 6.47. The zero-order valence-corrected chi connectivity index (χ0v) is 23.9. The van der Waals surface area contributed by atoms with Crippen molar-refractivity contribution in [1.29, 1.82) is 0 Å². The first kappa shape index (κ1) is 31.9. The van der Waals surface area contributed by atoms with Gasteiger partial charge in [-0.15, -0.1) is 22.9 Å². The molecule has 3 rings (SSSR count). The molecule has 42 heavy (non-hydrogen) atoms. The van der Waals surface area contributed by atoms with Crippen molar-refractivity contribution < 1.29 is 43.2 Å². The summed E-state index contributed by atoms with van der Waals surface area (Å²) in [7, 11) is 0. The van der Waals surface area contributed by atoms with Crippen LogP contribution in [0.15, 0.2) is 34.8 Å². The molecule has 0 unspecified atom stereocenters. The quantitative estimate of drug-likeness (QED) is 0.0713. The normalized spacial score (nSPS) is 16.4. The summed E-state index contributed by atoms with van der Waals surface area (Å²) in [5.74, 6) is -3.79. The average Bonchev–Trinajstić information content (AvgIpc) is 3.40. The maximum Gasteiger partial charge on any atom is 0.353 e. The van der Waals surface area contributed by atoms with Gasteiger partial charge in [0, 0.05) is 24.4 Å². The van der Waals surface area contributed by atoms with Crippen molar-refractivity contribution in [2.75, 3.05) is 17.8 Å². The Morgan fingerprint density at radius 3 is 2.50 bits per heavy atom. The molecule has 1 aliphatic heterocycles. The third kappa shape index (κ3) is 8.43. The number of aromatic nitrogens is 1. The number of oxime groups is 1. The van der Waals surface area contributed by atoms with Gasteiger partial charge in [0.05, 0.1) is 11.0 Å². The molecule has 0 bridgehead atoms. The molecular weight excluding hydrogens is 600 g/mol. The van der Waals surface area contributed by atoms with E-state index in [1.807, 2.05) is 0 Å². The molecule has 0 radical (unpaired) electrons. The van der Waals surface area contributed by atoms with E-state index < -0.39 is 58.0 Å². The lowest BCUT2D eigenvalue weighted by molar-refractivity contribution is -0.384. The van der Waals surface area contributed by atoms with Gasteiger partial charge in [0.25, 0.3) is 11.6 Å². The smallest absolute Gasteiger partial charge is 0.353 e. The summed E-state index contributed by atoms with van der Waals surface area (Å²) < 4.78 is 10.1. The molecule has 0 aliphatic carbocycles. The number of rotatable bonds is 13. The number of benzene rings is 1. The van der Waals surface area contributed by atoms with Crippen molar-refractivity contribution in [3.05, 3.63) is 51.0 Å². The molecule has 2 aromatic rings. The van der Waals surface area contributed by atoms with Gasteiger partial charge < -0.3 is 30.3 Å². The van der Waals surface area contributed by atoms with Crippen molar-refractivity contribution >= 4 is 69.1 Å². The standard InChI is InChI=1S/C24H25ClN6O10S/c1-12(32)39-10-15-18(20(34)26-15)29-21(35)19(16-11-42-23(27-16)28-17(33)8-25)30-41-24(2,3)22(36)40-9-13-4-6-14(7-5-13)31(37)38/h4-7,11,15,18H,8-10H2,1-3H3,(H,26,34)(H,29,35)(H,27,28,33)/b30-19-/t15-,18+/m0/s1. The molecule has 18 heteroatoms. The fourth-order valence-corrected chi connectivity index (χ4v) is 3.97. The number of anilines is 1. The number of β-lactam (4-membered cyclic amide) rings is 1. The van der Waals surface area contributed by atoms with Crippen LogP contribution in [0.25, 0.3) is 0 Å². The number of alkyl halides is 1. The van der Waals surface area contributed by atoms with Crippen LogP contribution >= 0.6 is 22.9 Å². The van der Waals surface area contributed by atoms with Crippen LogP contribution in [-0.2, 0) is 44.9 Å². The summed E-state index contributed by atoms with van der Waals surface area (Å²) in [6.45, 7) is 3.43. The van der Waals surface area contributed by atoms with E-state index in [4.69, 9.17) is 25.9 Å². The molecular formula is C24H25ClN6O10S. The summed E-state index contributed by atoms with van der Waals surface area (Å²) in [4.78, 5) is 80.6. The Kier molecular flexibility index (Phi) is 10.5. The van der Waals surface area contributed by atoms with Crippen molar-refractivity contribution in [1.82, 2.24) is 15.6 Å². The van der Waals surface area contributed by atoms with E-state index in [0.717, 1.165) is 11.3 Å². The summed E-state index contributed by atoms with van der Waals surface area (Å²) in [6, 6.07) is 3.60. The van der Waals surface area contributed by atoms with Gasteiger partial charge >= 0.3 is 11.9 Å². The number of non-ortho nitro benzene ring substituents is 1. The highest BCUT2D eigenvalue weighted by Gasteiger charge is 2.42. The van der Waals surface area contributed by atoms with Gasteiger partial charge in [-0.05, 0) is 31.5 Å². The fourth-order valence-electron chi connectivity index (χ4n) is 3.19. The van der Waals surface area contributed by atoms with Crippen molar-refractivity contribution in [2.24, 2.45) is 5.16 Å². The summed E-state index contributed by atoms with van der Waals surface area (Å²) in [6.07, 6.45) is 0. The van der Waals surface area contributed by atoms with E-state index in [1.165, 1.54) is 50.4 Å². The lowest BCUT2D eigenvalue weighted by Crippen LogP contribution is -2.71. The number of carbonyl (C=O) groups is 5. The van der Waals surface area contributed by atoms with Crippen LogP contribution in [0.3, 0.4) is 0 Å². The summed E-state index contributed by atoms with van der Waals surface area (Å²) >= 11 is 6.45. The second kappa shape index (κ2) is 13.8. The van der Waals surface area contributed by atoms with E-state index in [-0.39, 0.29) is 35.6 Å². The molecule has 1 aliphatic rings. The Morgan fingerprint density at radius 1 is 1.21 bits per heavy atom. The largest absolute Gasteiger partial charge is 0.464 e. The van der Waals surface area contributed by atoms with Gasteiger partial charge in [0.2, 0.25) is 17.4 Å². The van der Waals surface area contributed by atoms with E-state index in [0.29, 0.717) is 5.56 Å². The van der Waals surface area contributed by atoms with Gasteiger partial charge in [-0.3, -0.25) is 29.3 Å². The molecule has 1 saturated heterocycles. The van der Waals surface area contributed by atoms with E-state index >= 15 is 0 Å². The number of hydrogen-bond donors (Lipinski definition) is 3. The Hall–Kier alpha value is -4.64. The number of carbonyl (C=O) groups excluding carboxylic acids is 5. The van der Waals surface area contributed by atoms with Gasteiger partial charge in [-0.2, -0.15) is 0 Å². The highest BCUT2D eigenvalue weighted by molar-refractivity contribution is 7.14. The minimum absolute atomic E-state index is 0.0614. The number of nitrogens with one attached hydrogen (secondary N) is 3. The topological polar surface area (TPSA) is 218 Å². The lowest BCUT2D eigenvalue weighted by Gasteiger charge is -2.36. The minimum Gasteiger partial charge on any atom is -0.464 e. The Morgan fingerprint density at radius 2 is 1.90 bits per heavy atom. The van der Waals surface area contributed by atoms with Crippen LogP contribution < -0.4 is 16.0 Å². The van der Waals surface area contributed by atoms with E-state index in [2.05, 4.69) is 26.1 Å². The molecule has 3 N–H and O–H groups in total. The second-order valence-electron chi connectivity index (χ2n) is 9.13. The lowest BCUT2D eigenvalue weighted by atomic mass is 9.99. The Labute approximate surface area is 246 Å². The fraction of sp³-hybridized carbons (Fsp3) is 0.375. The summed E-state index contributed by atoms with van der Waals surface area (Å²) in [5, 5.41) is 23.5. The predicted molar refractivity (Wildman–Crippen MR) is 147 cm³/mol.